The number of amides is 1. The molecule has 1 fully saturated rings. The second-order valence-corrected chi connectivity index (χ2v) is 9.43. The smallest absolute Gasteiger partial charge is 0.300 e. The van der Waals surface area contributed by atoms with Gasteiger partial charge in [-0.3, -0.25) is 14.5 Å². The topological polar surface area (TPSA) is 82.6 Å². The quantitative estimate of drug-likeness (QED) is 0.212. The third-order valence-electron chi connectivity index (χ3n) is 6.76. The van der Waals surface area contributed by atoms with E-state index in [4.69, 9.17) is 4.74 Å². The summed E-state index contributed by atoms with van der Waals surface area (Å²) in [5, 5.41) is 12.5. The lowest BCUT2D eigenvalue weighted by Crippen LogP contribution is -2.29. The van der Waals surface area contributed by atoms with Gasteiger partial charge in [-0.05, 0) is 69.2 Å². The number of Topliss-reactive ketones (excluding diaryl/α,β-unsaturated/α-hetero) is 1. The number of ether oxygens (including phenoxy) is 1. The maximum absolute atomic E-state index is 13.7. The Labute approximate surface area is 209 Å². The number of fused-ring (bicyclic) bond motifs is 1. The summed E-state index contributed by atoms with van der Waals surface area (Å²) in [4.78, 5) is 32.2. The van der Waals surface area contributed by atoms with Crippen LogP contribution in [0.2, 0.25) is 0 Å². The number of hydrogen-bond donors (Lipinski definition) is 2. The summed E-state index contributed by atoms with van der Waals surface area (Å²) < 4.78 is 5.50. The minimum Gasteiger partial charge on any atom is -0.507 e. The van der Waals surface area contributed by atoms with Crippen LogP contribution < -0.4 is 9.64 Å². The summed E-state index contributed by atoms with van der Waals surface area (Å²) in [6.45, 7) is 7.73. The Kier molecular flexibility index (Phi) is 5.67. The number of aromatic nitrogens is 1. The highest BCUT2D eigenvalue weighted by atomic mass is 16.5. The zero-order valence-corrected chi connectivity index (χ0v) is 21.0. The van der Waals surface area contributed by atoms with Gasteiger partial charge >= 0.3 is 0 Å². The normalized spacial score (nSPS) is 17.2. The molecular weight excluding hydrogens is 452 g/mol. The van der Waals surface area contributed by atoms with E-state index in [1.807, 2.05) is 76.2 Å². The van der Waals surface area contributed by atoms with Gasteiger partial charge in [0, 0.05) is 27.8 Å². The van der Waals surface area contributed by atoms with Gasteiger partial charge in [0.1, 0.15) is 11.5 Å². The molecule has 5 rings (SSSR count). The fraction of sp³-hybridized carbons (Fsp3) is 0.200. The molecule has 1 unspecified atom stereocenters. The van der Waals surface area contributed by atoms with Crippen LogP contribution in [0.25, 0.3) is 16.7 Å². The maximum atomic E-state index is 13.7. The SMILES string of the molecule is COc1ccc(C)cc1/C(O)=C1\C(=O)C(=O)N(c2cc(C)cc(C)c2)C1c1c(C)[nH]c2ccccc12. The van der Waals surface area contributed by atoms with Crippen LogP contribution in [0, 0.1) is 27.7 Å². The number of hydrogen-bond acceptors (Lipinski definition) is 4. The molecule has 1 atom stereocenters. The largest absolute Gasteiger partial charge is 0.507 e. The molecule has 2 heterocycles. The summed E-state index contributed by atoms with van der Waals surface area (Å²) in [6, 6.07) is 18.1. The Morgan fingerprint density at radius 2 is 1.61 bits per heavy atom. The fourth-order valence-electron chi connectivity index (χ4n) is 5.26. The van der Waals surface area contributed by atoms with Crippen molar-refractivity contribution in [2.24, 2.45) is 0 Å². The molecule has 0 aliphatic carbocycles. The molecule has 4 aromatic rings. The van der Waals surface area contributed by atoms with Gasteiger partial charge in [0.05, 0.1) is 24.3 Å². The fourth-order valence-corrected chi connectivity index (χ4v) is 5.26. The van der Waals surface area contributed by atoms with E-state index in [1.54, 1.807) is 12.1 Å². The molecule has 0 bridgehead atoms. The summed E-state index contributed by atoms with van der Waals surface area (Å²) in [5.41, 5.74) is 6.35. The minimum absolute atomic E-state index is 0.0379. The predicted molar refractivity (Wildman–Crippen MR) is 141 cm³/mol. The Hall–Kier alpha value is -4.32. The number of ketones is 1. The van der Waals surface area contributed by atoms with Gasteiger partial charge in [-0.2, -0.15) is 0 Å². The number of nitrogens with one attached hydrogen (secondary N) is 1. The molecule has 182 valence electrons. The monoisotopic (exact) mass is 480 g/mol. The van der Waals surface area contributed by atoms with Crippen LogP contribution in [0.3, 0.4) is 0 Å². The van der Waals surface area contributed by atoms with Crippen molar-refractivity contribution in [3.05, 3.63) is 99.7 Å². The zero-order chi connectivity index (χ0) is 25.7. The highest BCUT2D eigenvalue weighted by molar-refractivity contribution is 6.52. The van der Waals surface area contributed by atoms with Crippen LogP contribution in [0.15, 0.2) is 66.2 Å². The Morgan fingerprint density at radius 3 is 2.31 bits per heavy atom. The number of benzene rings is 3. The molecule has 0 spiro atoms. The average molecular weight is 481 g/mol. The Balaban J connectivity index is 1.86. The summed E-state index contributed by atoms with van der Waals surface area (Å²) in [6.07, 6.45) is 0. The molecule has 1 aliphatic rings. The molecular formula is C30H28N2O4. The third kappa shape index (κ3) is 3.66. The molecule has 1 amide bonds. The standard InChI is InChI=1S/C30H28N2O4/c1-16-10-11-24(36-5)22(15-16)28(33)26-27(25-19(4)31-23-9-7-6-8-21(23)25)32(30(35)29(26)34)20-13-17(2)12-18(3)14-20/h6-15,27,31,33H,1-5H3/b28-26+. The van der Waals surface area contributed by atoms with Crippen LogP contribution in [0.1, 0.15) is 39.6 Å². The van der Waals surface area contributed by atoms with Gasteiger partial charge in [-0.15, -0.1) is 0 Å². The number of aliphatic hydroxyl groups excluding tert-OH is 1. The van der Waals surface area contributed by atoms with Crippen molar-refractivity contribution >= 4 is 34.0 Å². The van der Waals surface area contributed by atoms with Crippen LogP contribution >= 0.6 is 0 Å². The van der Waals surface area contributed by atoms with E-state index in [-0.39, 0.29) is 11.3 Å². The molecule has 1 saturated heterocycles. The number of methoxy groups -OCH3 is 1. The lowest BCUT2D eigenvalue weighted by Gasteiger charge is -2.26. The summed E-state index contributed by atoms with van der Waals surface area (Å²) in [5.74, 6) is -1.24. The van der Waals surface area contributed by atoms with E-state index >= 15 is 0 Å². The van der Waals surface area contributed by atoms with Gasteiger partial charge in [-0.1, -0.05) is 35.9 Å². The van der Waals surface area contributed by atoms with Crippen molar-refractivity contribution < 1.29 is 19.4 Å². The van der Waals surface area contributed by atoms with E-state index in [2.05, 4.69) is 4.98 Å². The van der Waals surface area contributed by atoms with E-state index in [0.717, 1.165) is 38.9 Å². The number of aryl methyl sites for hydroxylation is 4. The van der Waals surface area contributed by atoms with E-state index in [1.165, 1.54) is 12.0 Å². The molecule has 6 nitrogen and oxygen atoms in total. The van der Waals surface area contributed by atoms with Crippen molar-refractivity contribution in [3.63, 3.8) is 0 Å². The van der Waals surface area contributed by atoms with Gasteiger partial charge in [0.15, 0.2) is 0 Å². The van der Waals surface area contributed by atoms with Gasteiger partial charge in [0.25, 0.3) is 11.7 Å². The molecule has 1 aromatic heterocycles. The van der Waals surface area contributed by atoms with Crippen molar-refractivity contribution in [2.75, 3.05) is 12.0 Å². The van der Waals surface area contributed by atoms with Gasteiger partial charge in [-0.25, -0.2) is 0 Å². The van der Waals surface area contributed by atoms with Crippen molar-refractivity contribution in [1.29, 1.82) is 0 Å². The first-order valence-corrected chi connectivity index (χ1v) is 11.8. The highest BCUT2D eigenvalue weighted by Crippen LogP contribution is 2.46. The number of aromatic amines is 1. The first-order chi connectivity index (χ1) is 17.2. The van der Waals surface area contributed by atoms with Gasteiger partial charge < -0.3 is 14.8 Å². The molecule has 36 heavy (non-hydrogen) atoms. The maximum Gasteiger partial charge on any atom is 0.300 e. The Morgan fingerprint density at radius 1 is 0.917 bits per heavy atom. The molecule has 0 saturated carbocycles. The average Bonchev–Trinajstić information content (AvgIpc) is 3.30. The first kappa shape index (κ1) is 23.4. The molecule has 2 N–H and O–H groups in total. The van der Waals surface area contributed by atoms with Crippen LogP contribution in [-0.4, -0.2) is 28.9 Å². The van der Waals surface area contributed by atoms with Crippen molar-refractivity contribution in [3.8, 4) is 5.75 Å². The number of carbonyl (C=O) groups is 2. The number of carbonyl (C=O) groups excluding carboxylic acids is 2. The second kappa shape index (κ2) is 8.72. The first-order valence-electron chi connectivity index (χ1n) is 11.8. The van der Waals surface area contributed by atoms with E-state index < -0.39 is 17.7 Å². The number of anilines is 1. The third-order valence-corrected chi connectivity index (χ3v) is 6.76. The number of nitrogens with zero attached hydrogens (tertiary/aromatic N) is 1. The molecule has 6 heteroatoms. The number of H-pyrrole nitrogens is 1. The second-order valence-electron chi connectivity index (χ2n) is 9.43. The van der Waals surface area contributed by atoms with Gasteiger partial charge in [0.2, 0.25) is 0 Å². The lowest BCUT2D eigenvalue weighted by molar-refractivity contribution is -0.132. The Bertz CT molecular complexity index is 1560. The van der Waals surface area contributed by atoms with Crippen molar-refractivity contribution in [1.82, 2.24) is 4.98 Å². The van der Waals surface area contributed by atoms with Crippen molar-refractivity contribution in [2.45, 2.75) is 33.7 Å². The van der Waals surface area contributed by atoms with Crippen LogP contribution in [0.4, 0.5) is 5.69 Å². The molecule has 3 aromatic carbocycles. The summed E-state index contributed by atoms with van der Waals surface area (Å²) >= 11 is 0. The lowest BCUT2D eigenvalue weighted by atomic mass is 9.92. The highest BCUT2D eigenvalue weighted by Gasteiger charge is 2.48. The summed E-state index contributed by atoms with van der Waals surface area (Å²) in [7, 11) is 1.51. The molecule has 0 radical (unpaired) electrons. The predicted octanol–water partition coefficient (Wildman–Crippen LogP) is 6.04. The number of rotatable bonds is 4. The number of para-hydroxylation sites is 1. The zero-order valence-electron chi connectivity index (χ0n) is 21.0. The van der Waals surface area contributed by atoms with E-state index in [9.17, 15) is 14.7 Å². The van der Waals surface area contributed by atoms with Crippen LogP contribution in [0.5, 0.6) is 5.75 Å². The minimum atomic E-state index is -0.826. The molecule has 1 aliphatic heterocycles. The van der Waals surface area contributed by atoms with Crippen LogP contribution in [-0.2, 0) is 9.59 Å². The number of aliphatic hydroxyl groups is 1. The van der Waals surface area contributed by atoms with E-state index in [0.29, 0.717) is 17.0 Å².